The van der Waals surface area contributed by atoms with E-state index in [-0.39, 0.29) is 6.92 Å². The van der Waals surface area contributed by atoms with Crippen LogP contribution in [0.1, 0.15) is 6.92 Å². The highest BCUT2D eigenvalue weighted by atomic mass is 19.3. The van der Waals surface area contributed by atoms with Crippen molar-refractivity contribution in [2.45, 2.75) is 36.3 Å². The van der Waals surface area contributed by atoms with Gasteiger partial charge in [0.15, 0.2) is 6.17 Å². The van der Waals surface area contributed by atoms with Crippen LogP contribution < -0.4 is 0 Å². The van der Waals surface area contributed by atoms with Crippen LogP contribution in [0, 0.1) is 0 Å². The molecule has 2 aliphatic rings. The lowest BCUT2D eigenvalue weighted by atomic mass is 9.81. The number of allylic oxidation sites excluding steroid dienone is 4. The Labute approximate surface area is 91.8 Å². The third-order valence-corrected chi connectivity index (χ3v) is 3.32. The average Bonchev–Trinajstić information content (AvgIpc) is 2.27. The van der Waals surface area contributed by atoms with Gasteiger partial charge in [-0.15, -0.1) is 0 Å². The first-order chi connectivity index (χ1) is 7.51. The molecule has 0 saturated heterocycles. The second-order valence-electron chi connectivity index (χ2n) is 4.23. The van der Waals surface area contributed by atoms with Gasteiger partial charge in [0.05, 0.1) is 0 Å². The van der Waals surface area contributed by atoms with Gasteiger partial charge < -0.3 is 0 Å². The Morgan fingerprint density at radius 2 is 1.59 bits per heavy atom. The first kappa shape index (κ1) is 12.4. The van der Waals surface area contributed by atoms with Crippen molar-refractivity contribution < 1.29 is 30.7 Å². The summed E-state index contributed by atoms with van der Waals surface area (Å²) in [6, 6.07) is 0. The fourth-order valence-electron chi connectivity index (χ4n) is 2.19. The van der Waals surface area contributed by atoms with Crippen molar-refractivity contribution in [3.05, 3.63) is 23.8 Å². The van der Waals surface area contributed by atoms with Crippen molar-refractivity contribution >= 4 is 0 Å². The second kappa shape index (κ2) is 2.87. The molecule has 0 spiro atoms. The van der Waals surface area contributed by atoms with Crippen LogP contribution in [0.5, 0.6) is 0 Å². The van der Waals surface area contributed by atoms with E-state index < -0.39 is 34.9 Å². The van der Waals surface area contributed by atoms with Crippen molar-refractivity contribution in [3.63, 3.8) is 0 Å². The van der Waals surface area contributed by atoms with Crippen LogP contribution in [0.25, 0.3) is 0 Å². The van der Waals surface area contributed by atoms with Gasteiger partial charge in [-0.2, -0.15) is 17.6 Å². The van der Waals surface area contributed by atoms with Crippen LogP contribution >= 0.6 is 0 Å². The Morgan fingerprint density at radius 1 is 1.06 bits per heavy atom. The topological polar surface area (TPSA) is 0 Å². The molecule has 0 radical (unpaired) electrons. The van der Waals surface area contributed by atoms with E-state index >= 15 is 0 Å². The fourth-order valence-corrected chi connectivity index (χ4v) is 2.19. The normalized spacial score (nSPS) is 46.6. The lowest BCUT2D eigenvalue weighted by molar-refractivity contribution is -0.236. The maximum atomic E-state index is 14.1. The molecule has 2 rings (SSSR count). The first-order valence-corrected chi connectivity index (χ1v) is 4.68. The molecular weight excluding hydrogens is 253 g/mol. The summed E-state index contributed by atoms with van der Waals surface area (Å²) in [6.45, 7) is -0.0481. The molecule has 0 aromatic rings. The minimum absolute atomic E-state index is 0.0481. The van der Waals surface area contributed by atoms with Gasteiger partial charge in [0.1, 0.15) is 0 Å². The van der Waals surface area contributed by atoms with Crippen LogP contribution in [0.2, 0.25) is 0 Å². The summed E-state index contributed by atoms with van der Waals surface area (Å²) in [4.78, 5) is 0. The van der Waals surface area contributed by atoms with Crippen LogP contribution in [0.3, 0.4) is 0 Å². The van der Waals surface area contributed by atoms with E-state index in [2.05, 4.69) is 0 Å². The van der Waals surface area contributed by atoms with Crippen LogP contribution in [-0.2, 0) is 0 Å². The summed E-state index contributed by atoms with van der Waals surface area (Å²) in [7, 11) is 0. The number of hydrogen-bond donors (Lipinski definition) is 0. The highest BCUT2D eigenvalue weighted by Gasteiger charge is 2.88. The quantitative estimate of drug-likeness (QED) is 0.584. The van der Waals surface area contributed by atoms with Gasteiger partial charge in [-0.1, -0.05) is 12.2 Å². The molecule has 0 nitrogen and oxygen atoms in total. The van der Waals surface area contributed by atoms with E-state index in [4.69, 9.17) is 0 Å². The maximum Gasteiger partial charge on any atom is 0.350 e. The van der Waals surface area contributed by atoms with Crippen LogP contribution in [0.4, 0.5) is 30.7 Å². The third-order valence-electron chi connectivity index (χ3n) is 3.32. The van der Waals surface area contributed by atoms with E-state index in [1.54, 1.807) is 0 Å². The molecule has 1 fully saturated rings. The second-order valence-corrected chi connectivity index (χ2v) is 4.23. The lowest BCUT2D eigenvalue weighted by Gasteiger charge is -2.34. The van der Waals surface area contributed by atoms with E-state index in [1.165, 1.54) is 0 Å². The molecule has 0 N–H and O–H groups in total. The number of hydrogen-bond acceptors (Lipinski definition) is 0. The molecule has 7 heteroatoms. The highest BCUT2D eigenvalue weighted by molar-refractivity contribution is 5.49. The average molecular weight is 260 g/mol. The zero-order valence-electron chi connectivity index (χ0n) is 8.46. The van der Waals surface area contributed by atoms with Gasteiger partial charge in [0, 0.05) is 5.57 Å². The van der Waals surface area contributed by atoms with Crippen molar-refractivity contribution in [2.75, 3.05) is 0 Å². The molecule has 3 atom stereocenters. The monoisotopic (exact) mass is 260 g/mol. The van der Waals surface area contributed by atoms with Gasteiger partial charge in [-0.3, -0.25) is 0 Å². The van der Waals surface area contributed by atoms with Gasteiger partial charge in [-0.25, -0.2) is 13.2 Å². The molecule has 0 heterocycles. The van der Waals surface area contributed by atoms with Gasteiger partial charge >= 0.3 is 11.8 Å². The summed E-state index contributed by atoms with van der Waals surface area (Å²) in [5.41, 5.74) is -10.2. The molecule has 3 unspecified atom stereocenters. The third kappa shape index (κ3) is 1.01. The van der Waals surface area contributed by atoms with Crippen molar-refractivity contribution in [1.29, 1.82) is 0 Å². The van der Waals surface area contributed by atoms with E-state index in [1.807, 2.05) is 0 Å². The minimum atomic E-state index is -5.31. The molecule has 17 heavy (non-hydrogen) atoms. The Morgan fingerprint density at radius 3 is 2.06 bits per heavy atom. The van der Waals surface area contributed by atoms with Crippen molar-refractivity contribution in [1.82, 2.24) is 0 Å². The van der Waals surface area contributed by atoms with E-state index in [9.17, 15) is 30.7 Å². The predicted molar refractivity (Wildman–Crippen MR) is 45.4 cm³/mol. The summed E-state index contributed by atoms with van der Waals surface area (Å²) in [5.74, 6) is -10.4. The summed E-state index contributed by atoms with van der Waals surface area (Å²) >= 11 is 0. The number of alkyl halides is 7. The smallest absolute Gasteiger partial charge is 0.239 e. The van der Waals surface area contributed by atoms with Crippen LogP contribution in [-0.4, -0.2) is 29.4 Å². The standard InChI is InChI=1S/C10H7F7/c1-7(12)8(13)5(3-2-4-6(8)11)9(14,15)10(7,16)17/h2-4,6H,1H3. The molecule has 96 valence electrons. The molecule has 0 aliphatic heterocycles. The molecule has 0 aromatic heterocycles. The van der Waals surface area contributed by atoms with Gasteiger partial charge in [-0.05, 0) is 13.0 Å². The number of rotatable bonds is 0. The highest BCUT2D eigenvalue weighted by Crippen LogP contribution is 2.66. The number of halogens is 7. The Hall–Kier alpha value is -1.01. The molecular formula is C10H7F7. The van der Waals surface area contributed by atoms with Gasteiger partial charge in [0.2, 0.25) is 11.3 Å². The Bertz CT molecular complexity index is 420. The van der Waals surface area contributed by atoms with E-state index in [0.29, 0.717) is 18.2 Å². The molecule has 0 amide bonds. The van der Waals surface area contributed by atoms with Crippen molar-refractivity contribution in [2.24, 2.45) is 0 Å². The lowest BCUT2D eigenvalue weighted by Crippen LogP contribution is -2.56. The van der Waals surface area contributed by atoms with Gasteiger partial charge in [0.25, 0.3) is 0 Å². The summed E-state index contributed by atoms with van der Waals surface area (Å²) in [6.07, 6.45) is -1.48. The Kier molecular flexibility index (Phi) is 2.10. The Balaban J connectivity index is 2.76. The SMILES string of the molecule is CC1(F)C2(F)C(=CC=CC2F)C(F)(F)C1(F)F. The maximum absolute atomic E-state index is 14.1. The zero-order chi connectivity index (χ0) is 13.3. The summed E-state index contributed by atoms with van der Waals surface area (Å²) < 4.78 is 94.1. The summed E-state index contributed by atoms with van der Waals surface area (Å²) in [5, 5.41) is 0. The fraction of sp³-hybridized carbons (Fsp3) is 0.600. The first-order valence-electron chi connectivity index (χ1n) is 4.68. The molecule has 0 bridgehead atoms. The zero-order valence-corrected chi connectivity index (χ0v) is 8.46. The van der Waals surface area contributed by atoms with Crippen LogP contribution in [0.15, 0.2) is 23.8 Å². The molecule has 1 saturated carbocycles. The molecule has 2 aliphatic carbocycles. The largest absolute Gasteiger partial charge is 0.350 e. The molecule has 0 aromatic carbocycles. The van der Waals surface area contributed by atoms with E-state index in [0.717, 1.165) is 0 Å². The van der Waals surface area contributed by atoms with Crippen molar-refractivity contribution in [3.8, 4) is 0 Å². The predicted octanol–water partition coefficient (Wildman–Crippen LogP) is 3.54. The minimum Gasteiger partial charge on any atom is -0.239 e. The number of fused-ring (bicyclic) bond motifs is 1.